The Morgan fingerprint density at radius 1 is 0.211 bits per heavy atom. The Bertz CT molecular complexity index is 6870. The molecule has 0 unspecified atom stereocenters. The van der Waals surface area contributed by atoms with E-state index < -0.39 is 0 Å². The van der Waals surface area contributed by atoms with Gasteiger partial charge in [-0.05, 0) is 186 Å². The van der Waals surface area contributed by atoms with Crippen molar-refractivity contribution in [2.24, 2.45) is 0 Å². The van der Waals surface area contributed by atoms with Crippen LogP contribution in [0.3, 0.4) is 0 Å². The summed E-state index contributed by atoms with van der Waals surface area (Å²) in [5.74, 6) is 0. The molecule has 0 atom stereocenters. The summed E-state index contributed by atoms with van der Waals surface area (Å²) in [7, 11) is 0. The fourth-order valence-electron chi connectivity index (χ4n) is 18.8. The Morgan fingerprint density at radius 3 is 0.921 bits per heavy atom. The molecule has 19 aromatic rings. The lowest BCUT2D eigenvalue weighted by atomic mass is 9.33. The molecule has 0 saturated heterocycles. The van der Waals surface area contributed by atoms with E-state index in [0.29, 0.717) is 0 Å². The van der Waals surface area contributed by atoms with Gasteiger partial charge < -0.3 is 23.5 Å². The van der Waals surface area contributed by atoms with Crippen LogP contribution in [0.4, 0.5) is 34.1 Å². The van der Waals surface area contributed by atoms with Crippen LogP contribution in [0.1, 0.15) is 79.0 Å². The highest BCUT2D eigenvalue weighted by Gasteiger charge is 2.47. The molecule has 2 aliphatic heterocycles. The van der Waals surface area contributed by atoms with E-state index in [0.717, 1.165) is 123 Å². The second kappa shape index (κ2) is 26.1. The predicted molar refractivity (Wildman–Crippen MR) is 487 cm³/mol. The molecule has 0 bridgehead atoms. The molecule has 2 aliphatic rings. The van der Waals surface area contributed by atoms with Crippen LogP contribution in [0.5, 0.6) is 0 Å². The van der Waals surface area contributed by atoms with E-state index in [1.807, 2.05) is 0 Å². The van der Waals surface area contributed by atoms with E-state index in [1.54, 1.807) is 0 Å². The van der Waals surface area contributed by atoms with Gasteiger partial charge in [0.15, 0.2) is 0 Å². The number of aromatic nitrogens is 3. The summed E-state index contributed by atoms with van der Waals surface area (Å²) in [6, 6.07) is 136. The van der Waals surface area contributed by atoms with E-state index in [2.05, 4.69) is 444 Å². The van der Waals surface area contributed by atoms with Crippen LogP contribution >= 0.6 is 0 Å². The summed E-state index contributed by atoms with van der Waals surface area (Å²) in [5.41, 5.74) is 35.2. The van der Waals surface area contributed by atoms with Gasteiger partial charge in [0.05, 0.1) is 50.2 Å². The first-order chi connectivity index (χ1) is 55.5. The van der Waals surface area contributed by atoms with E-state index in [4.69, 9.17) is 0 Å². The van der Waals surface area contributed by atoms with Gasteiger partial charge in [-0.25, -0.2) is 0 Å². The lowest BCUT2D eigenvalue weighted by molar-refractivity contribution is 0.590. The number of benzene rings is 16. The number of fused-ring (bicyclic) bond motifs is 13. The summed E-state index contributed by atoms with van der Waals surface area (Å²) >= 11 is 0. The fourth-order valence-corrected chi connectivity index (χ4v) is 18.8. The molecule has 16 aromatic carbocycles. The largest absolute Gasteiger partial charge is 0.310 e. The molecular weight excluding hydrogens is 1380 g/mol. The van der Waals surface area contributed by atoms with Gasteiger partial charge >= 0.3 is 0 Å². The number of hydrogen-bond acceptors (Lipinski definition) is 2. The van der Waals surface area contributed by atoms with Crippen LogP contribution in [0, 0.1) is 0 Å². The van der Waals surface area contributed by atoms with Gasteiger partial charge in [0.25, 0.3) is 6.71 Å². The maximum absolute atomic E-state index is 2.74. The molecule has 6 heteroatoms. The first kappa shape index (κ1) is 68.6. The smallest absolute Gasteiger partial charge is 0.252 e. The monoisotopic (exact) mass is 1460 g/mol. The van der Waals surface area contributed by atoms with Crippen LogP contribution in [0.15, 0.2) is 358 Å². The average molecular weight is 1460 g/mol. The van der Waals surface area contributed by atoms with Crippen molar-refractivity contribution in [2.45, 2.75) is 78.6 Å². The molecule has 0 aliphatic carbocycles. The zero-order valence-electron chi connectivity index (χ0n) is 65.9. The summed E-state index contributed by atoms with van der Waals surface area (Å²) in [5, 5.41) is 7.27. The molecule has 546 valence electrons. The third kappa shape index (κ3) is 11.0. The van der Waals surface area contributed by atoms with Gasteiger partial charge in [-0.3, -0.25) is 0 Å². The standard InChI is InChI=1S/C108H86BN5/c1-106(2,3)75-42-32-41-73(59-75)74-53-56-91-99(60-74)113(104-86(69-33-14-10-15-34-69)61-76(107(4,5)6)62-87(104)70-35-16-11-17-36-70)101-67-80(112-95-50-29-24-45-83(95)84-46-25-30-51-96(84)112)68-102-103(101)109(91)92-57-54-79(66-100(92)114(102)105-88(71-37-18-12-19-38-71)63-77(108(7,8)9)64-89(105)72-39-20-13-21-40-72)111-97-52-31-26-47-85(97)90-65-78(55-58-98(90)111)110-93-48-27-22-43-81(93)82-44-23-28-49-94(82)110/h10-68H,1-9H3. The normalized spacial score (nSPS) is 12.9. The Balaban J connectivity index is 0.943. The van der Waals surface area contributed by atoms with Crippen molar-refractivity contribution in [1.82, 2.24) is 13.7 Å². The average Bonchev–Trinajstić information content (AvgIpc) is 0.783. The number of nitrogens with zero attached hydrogens (tertiary/aromatic N) is 5. The minimum atomic E-state index is -0.293. The van der Waals surface area contributed by atoms with Crippen molar-refractivity contribution in [3.05, 3.63) is 375 Å². The fraction of sp³-hybridized carbons (Fsp3) is 0.111. The highest BCUT2D eigenvalue weighted by atomic mass is 15.2. The molecular formula is C108H86BN5. The maximum atomic E-state index is 2.74. The van der Waals surface area contributed by atoms with Crippen molar-refractivity contribution in [3.8, 4) is 72.7 Å². The highest BCUT2D eigenvalue weighted by Crippen LogP contribution is 2.56. The topological polar surface area (TPSA) is 21.3 Å². The molecule has 5 nitrogen and oxygen atoms in total. The second-order valence-electron chi connectivity index (χ2n) is 34.4. The Labute approximate surface area is 667 Å². The van der Waals surface area contributed by atoms with Crippen LogP contribution in [-0.4, -0.2) is 20.4 Å². The van der Waals surface area contributed by atoms with Crippen LogP contribution < -0.4 is 26.2 Å². The van der Waals surface area contributed by atoms with E-state index in [1.165, 1.54) is 82.0 Å². The summed E-state index contributed by atoms with van der Waals surface area (Å²) in [6.45, 7) is 20.9. The number of para-hydroxylation sites is 5. The number of anilines is 6. The third-order valence-corrected chi connectivity index (χ3v) is 24.4. The number of rotatable bonds is 10. The second-order valence-corrected chi connectivity index (χ2v) is 34.4. The van der Waals surface area contributed by atoms with Crippen molar-refractivity contribution in [2.75, 3.05) is 9.80 Å². The van der Waals surface area contributed by atoms with Gasteiger partial charge in [-0.2, -0.15) is 0 Å². The van der Waals surface area contributed by atoms with Crippen LogP contribution in [-0.2, 0) is 16.2 Å². The van der Waals surface area contributed by atoms with E-state index in [9.17, 15) is 0 Å². The summed E-state index contributed by atoms with van der Waals surface area (Å²) in [4.78, 5) is 5.48. The molecule has 0 amide bonds. The molecule has 0 fully saturated rings. The molecule has 21 rings (SSSR count). The van der Waals surface area contributed by atoms with Crippen LogP contribution in [0.2, 0.25) is 0 Å². The Morgan fingerprint density at radius 2 is 0.518 bits per heavy atom. The SMILES string of the molecule is CC(C)(C)c1cccc(-c2ccc3c(c2)N(c2c(-c4ccccc4)cc(C(C)(C)C)cc2-c2ccccc2)c2cc(-n4c5ccccc5c5ccccc54)cc4c2B3c2ccc(-n3c5ccccc5c5cc(-n6c7ccccc7c7ccccc76)ccc53)cc2N4c2c(-c3ccccc3)cc(C(C)(C)C)cc2-c2ccccc2)c1. The van der Waals surface area contributed by atoms with Gasteiger partial charge in [0.1, 0.15) is 0 Å². The molecule has 0 radical (unpaired) electrons. The molecule has 3 aromatic heterocycles. The Kier molecular flexibility index (Phi) is 15.7. The summed E-state index contributed by atoms with van der Waals surface area (Å²) < 4.78 is 7.55. The molecule has 5 heterocycles. The quantitative estimate of drug-likeness (QED) is 0.127. The Hall–Kier alpha value is -13.4. The maximum Gasteiger partial charge on any atom is 0.252 e. The van der Waals surface area contributed by atoms with Crippen molar-refractivity contribution >= 4 is 123 Å². The first-order valence-corrected chi connectivity index (χ1v) is 40.2. The minimum absolute atomic E-state index is 0.0846. The van der Waals surface area contributed by atoms with E-state index in [-0.39, 0.29) is 23.0 Å². The van der Waals surface area contributed by atoms with Gasteiger partial charge in [-0.15, -0.1) is 0 Å². The summed E-state index contributed by atoms with van der Waals surface area (Å²) in [6.07, 6.45) is 0. The third-order valence-electron chi connectivity index (χ3n) is 24.4. The van der Waals surface area contributed by atoms with Gasteiger partial charge in [-0.1, -0.05) is 317 Å². The minimum Gasteiger partial charge on any atom is -0.310 e. The number of hydrogen-bond donors (Lipinski definition) is 0. The van der Waals surface area contributed by atoms with Gasteiger partial charge in [0, 0.05) is 88.7 Å². The lowest BCUT2D eigenvalue weighted by Gasteiger charge is -2.46. The van der Waals surface area contributed by atoms with Gasteiger partial charge in [0.2, 0.25) is 0 Å². The van der Waals surface area contributed by atoms with Crippen molar-refractivity contribution in [3.63, 3.8) is 0 Å². The predicted octanol–water partition coefficient (Wildman–Crippen LogP) is 27.3. The molecule has 114 heavy (non-hydrogen) atoms. The van der Waals surface area contributed by atoms with Crippen LogP contribution in [0.25, 0.3) is 138 Å². The van der Waals surface area contributed by atoms with Crippen molar-refractivity contribution < 1.29 is 0 Å². The zero-order valence-corrected chi connectivity index (χ0v) is 65.9. The van der Waals surface area contributed by atoms with Crippen molar-refractivity contribution in [1.29, 1.82) is 0 Å². The first-order valence-electron chi connectivity index (χ1n) is 40.2. The molecule has 0 saturated carbocycles. The lowest BCUT2D eigenvalue weighted by Crippen LogP contribution is -2.61. The molecule has 0 N–H and O–H groups in total. The zero-order chi connectivity index (χ0) is 77.0. The van der Waals surface area contributed by atoms with E-state index >= 15 is 0 Å². The molecule has 0 spiro atoms. The highest BCUT2D eigenvalue weighted by molar-refractivity contribution is 7.00.